The molecule has 0 saturated heterocycles. The van der Waals surface area contributed by atoms with Crippen molar-refractivity contribution in [2.75, 3.05) is 5.32 Å². The number of nitrogens with two attached hydrogens (primary N) is 1. The Bertz CT molecular complexity index is 536. The standard InChI is InChI=1S/C17H25BrN2S/c1-16(2)8-12(9-17(3,4)10-16)20-14-6-5-11(15(19)21)7-13(14)18/h5-7,12,20H,8-10H2,1-4H3,(H2,19,21). The molecule has 21 heavy (non-hydrogen) atoms. The van der Waals surface area contributed by atoms with E-state index in [1.54, 1.807) is 0 Å². The Morgan fingerprint density at radius 1 is 1.24 bits per heavy atom. The van der Waals surface area contributed by atoms with Crippen LogP contribution in [0.25, 0.3) is 0 Å². The van der Waals surface area contributed by atoms with Crippen molar-refractivity contribution in [2.45, 2.75) is 53.0 Å². The van der Waals surface area contributed by atoms with E-state index in [-0.39, 0.29) is 0 Å². The van der Waals surface area contributed by atoms with Crippen LogP contribution in [-0.4, -0.2) is 11.0 Å². The molecule has 1 aromatic rings. The third-order valence-electron chi connectivity index (χ3n) is 4.17. The molecule has 1 fully saturated rings. The first-order valence-corrected chi connectivity index (χ1v) is 8.64. The molecule has 0 spiro atoms. The van der Waals surface area contributed by atoms with Gasteiger partial charge in [0.15, 0.2) is 0 Å². The fraction of sp³-hybridized carbons (Fsp3) is 0.588. The monoisotopic (exact) mass is 368 g/mol. The molecule has 0 aliphatic heterocycles. The van der Waals surface area contributed by atoms with Gasteiger partial charge in [0.2, 0.25) is 0 Å². The molecule has 0 bridgehead atoms. The normalized spacial score (nSPS) is 21.0. The third-order valence-corrected chi connectivity index (χ3v) is 5.06. The largest absolute Gasteiger partial charge is 0.389 e. The van der Waals surface area contributed by atoms with E-state index >= 15 is 0 Å². The second kappa shape index (κ2) is 5.88. The molecule has 3 N–H and O–H groups in total. The molecule has 0 heterocycles. The van der Waals surface area contributed by atoms with Crippen molar-refractivity contribution in [3.63, 3.8) is 0 Å². The van der Waals surface area contributed by atoms with Gasteiger partial charge in [0.05, 0.1) is 0 Å². The summed E-state index contributed by atoms with van der Waals surface area (Å²) in [6.07, 6.45) is 3.67. The summed E-state index contributed by atoms with van der Waals surface area (Å²) in [5.41, 5.74) is 8.45. The first-order valence-electron chi connectivity index (χ1n) is 7.44. The Kier molecular flexibility index (Phi) is 4.69. The average molecular weight is 369 g/mol. The predicted molar refractivity (Wildman–Crippen MR) is 98.9 cm³/mol. The second-order valence-corrected chi connectivity index (χ2v) is 9.11. The maximum atomic E-state index is 5.68. The van der Waals surface area contributed by atoms with Crippen molar-refractivity contribution in [1.29, 1.82) is 0 Å². The Hall–Kier alpha value is -0.610. The lowest BCUT2D eigenvalue weighted by Crippen LogP contribution is -2.40. The van der Waals surface area contributed by atoms with Crippen molar-refractivity contribution < 1.29 is 0 Å². The molecule has 2 nitrogen and oxygen atoms in total. The van der Waals surface area contributed by atoms with Gasteiger partial charge in [0, 0.05) is 21.8 Å². The zero-order valence-electron chi connectivity index (χ0n) is 13.3. The van der Waals surface area contributed by atoms with Gasteiger partial charge in [-0.3, -0.25) is 0 Å². The average Bonchev–Trinajstić information content (AvgIpc) is 2.27. The smallest absolute Gasteiger partial charge is 0.104 e. The van der Waals surface area contributed by atoms with Crippen LogP contribution in [0.1, 0.15) is 52.5 Å². The van der Waals surface area contributed by atoms with Gasteiger partial charge in [0.1, 0.15) is 4.99 Å². The lowest BCUT2D eigenvalue weighted by Gasteiger charge is -2.45. The molecule has 2 rings (SSSR count). The Morgan fingerprint density at radius 2 is 1.81 bits per heavy atom. The molecule has 0 amide bonds. The number of rotatable bonds is 3. The van der Waals surface area contributed by atoms with Crippen molar-refractivity contribution in [3.8, 4) is 0 Å². The molecule has 1 aromatic carbocycles. The Labute approximate surface area is 142 Å². The zero-order valence-corrected chi connectivity index (χ0v) is 15.7. The molecule has 116 valence electrons. The Morgan fingerprint density at radius 3 is 2.29 bits per heavy atom. The summed E-state index contributed by atoms with van der Waals surface area (Å²) in [5.74, 6) is 0. The topological polar surface area (TPSA) is 38.0 Å². The van der Waals surface area contributed by atoms with E-state index in [1.807, 2.05) is 12.1 Å². The quantitative estimate of drug-likeness (QED) is 0.728. The molecule has 0 radical (unpaired) electrons. The van der Waals surface area contributed by atoms with Crippen LogP contribution < -0.4 is 11.1 Å². The first-order chi connectivity index (χ1) is 9.58. The number of hydrogen-bond donors (Lipinski definition) is 2. The summed E-state index contributed by atoms with van der Waals surface area (Å²) < 4.78 is 1.02. The van der Waals surface area contributed by atoms with E-state index in [4.69, 9.17) is 18.0 Å². The van der Waals surface area contributed by atoms with Crippen LogP contribution in [0.4, 0.5) is 5.69 Å². The second-order valence-electron chi connectivity index (χ2n) is 7.81. The molecule has 0 aromatic heterocycles. The van der Waals surface area contributed by atoms with Gasteiger partial charge in [0.25, 0.3) is 0 Å². The number of benzene rings is 1. The van der Waals surface area contributed by atoms with Crippen LogP contribution in [0.2, 0.25) is 0 Å². The molecular weight excluding hydrogens is 344 g/mol. The summed E-state index contributed by atoms with van der Waals surface area (Å²) in [6.45, 7) is 9.47. The minimum Gasteiger partial charge on any atom is -0.389 e. The number of halogens is 1. The van der Waals surface area contributed by atoms with Crippen LogP contribution >= 0.6 is 28.1 Å². The number of nitrogens with one attached hydrogen (secondary N) is 1. The molecule has 0 atom stereocenters. The highest BCUT2D eigenvalue weighted by Crippen LogP contribution is 2.46. The van der Waals surface area contributed by atoms with E-state index < -0.39 is 0 Å². The van der Waals surface area contributed by atoms with Gasteiger partial charge < -0.3 is 11.1 Å². The summed E-state index contributed by atoms with van der Waals surface area (Å²) in [7, 11) is 0. The lowest BCUT2D eigenvalue weighted by atomic mass is 9.63. The molecule has 0 unspecified atom stereocenters. The van der Waals surface area contributed by atoms with Gasteiger partial charge in [-0.15, -0.1) is 0 Å². The molecular formula is C17H25BrN2S. The van der Waals surface area contributed by atoms with Gasteiger partial charge in [-0.25, -0.2) is 0 Å². The third kappa shape index (κ3) is 4.43. The van der Waals surface area contributed by atoms with Gasteiger partial charge in [-0.2, -0.15) is 0 Å². The van der Waals surface area contributed by atoms with E-state index in [1.165, 1.54) is 19.3 Å². The first kappa shape index (κ1) is 16.8. The van der Waals surface area contributed by atoms with Crippen molar-refractivity contribution in [1.82, 2.24) is 0 Å². The summed E-state index contributed by atoms with van der Waals surface area (Å²) in [5, 5.41) is 3.70. The predicted octanol–water partition coefficient (Wildman–Crippen LogP) is 5.10. The maximum Gasteiger partial charge on any atom is 0.104 e. The maximum absolute atomic E-state index is 5.68. The highest BCUT2D eigenvalue weighted by Gasteiger charge is 2.38. The van der Waals surface area contributed by atoms with Crippen molar-refractivity contribution in [3.05, 3.63) is 28.2 Å². The van der Waals surface area contributed by atoms with E-state index in [2.05, 4.69) is 55.0 Å². The molecule has 1 saturated carbocycles. The number of anilines is 1. The van der Waals surface area contributed by atoms with E-state index in [0.29, 0.717) is 21.9 Å². The minimum absolute atomic E-state index is 0.380. The van der Waals surface area contributed by atoms with Crippen LogP contribution in [0.3, 0.4) is 0 Å². The highest BCUT2D eigenvalue weighted by molar-refractivity contribution is 9.10. The van der Waals surface area contributed by atoms with Crippen LogP contribution in [-0.2, 0) is 0 Å². The van der Waals surface area contributed by atoms with E-state index in [9.17, 15) is 0 Å². The zero-order chi connectivity index (χ0) is 15.8. The van der Waals surface area contributed by atoms with Gasteiger partial charge in [-0.1, -0.05) is 39.9 Å². The Balaban J connectivity index is 2.16. The fourth-order valence-electron chi connectivity index (χ4n) is 3.95. The van der Waals surface area contributed by atoms with Crippen molar-refractivity contribution in [2.24, 2.45) is 16.6 Å². The van der Waals surface area contributed by atoms with Crippen LogP contribution in [0.5, 0.6) is 0 Å². The minimum atomic E-state index is 0.380. The van der Waals surface area contributed by atoms with E-state index in [0.717, 1.165) is 15.7 Å². The summed E-state index contributed by atoms with van der Waals surface area (Å²) in [6, 6.07) is 6.53. The highest BCUT2D eigenvalue weighted by atomic mass is 79.9. The molecule has 1 aliphatic carbocycles. The van der Waals surface area contributed by atoms with Crippen LogP contribution in [0.15, 0.2) is 22.7 Å². The number of hydrogen-bond acceptors (Lipinski definition) is 2. The van der Waals surface area contributed by atoms with Crippen molar-refractivity contribution >= 4 is 38.8 Å². The molecule has 4 heteroatoms. The fourth-order valence-corrected chi connectivity index (χ4v) is 4.57. The number of thiocarbonyl (C=S) groups is 1. The van der Waals surface area contributed by atoms with Gasteiger partial charge >= 0.3 is 0 Å². The summed E-state index contributed by atoms with van der Waals surface area (Å²) >= 11 is 8.64. The summed E-state index contributed by atoms with van der Waals surface area (Å²) in [4.78, 5) is 0.433. The lowest BCUT2D eigenvalue weighted by molar-refractivity contribution is 0.105. The molecule has 1 aliphatic rings. The van der Waals surface area contributed by atoms with Crippen LogP contribution in [0, 0.1) is 10.8 Å². The SMILES string of the molecule is CC1(C)CC(Nc2ccc(C(N)=S)cc2Br)CC(C)(C)C1. The van der Waals surface area contributed by atoms with Gasteiger partial charge in [-0.05, 0) is 64.2 Å².